The Hall–Kier alpha value is -0.540. The van der Waals surface area contributed by atoms with Gasteiger partial charge in [-0.1, -0.05) is 6.08 Å². The van der Waals surface area contributed by atoms with Gasteiger partial charge >= 0.3 is 5.97 Å². The molecule has 3 nitrogen and oxygen atoms in total. The van der Waals surface area contributed by atoms with Gasteiger partial charge in [0, 0.05) is 6.54 Å². The maximum absolute atomic E-state index is 10.4. The van der Waals surface area contributed by atoms with E-state index in [9.17, 15) is 4.79 Å². The van der Waals surface area contributed by atoms with Gasteiger partial charge in [-0.2, -0.15) is 0 Å². The standard InChI is InChI=1S/C6H11NO2.ClH/c1-3-4-7-5-6(8)9-2;/h3,7H,1,4-5H2,2H3;1H. The predicted molar refractivity (Wildman–Crippen MR) is 42.3 cm³/mol. The lowest BCUT2D eigenvalue weighted by Crippen LogP contribution is -2.23. The van der Waals surface area contributed by atoms with Crippen LogP contribution in [0.4, 0.5) is 0 Å². The van der Waals surface area contributed by atoms with E-state index in [-0.39, 0.29) is 24.9 Å². The predicted octanol–water partition coefficient (Wildman–Crippen LogP) is 0.357. The molecule has 0 aromatic carbocycles. The minimum Gasteiger partial charge on any atom is -0.468 e. The molecule has 4 heteroatoms. The molecular formula is C6H12ClNO2. The number of hydrogen-bond donors (Lipinski definition) is 1. The van der Waals surface area contributed by atoms with Crippen LogP contribution >= 0.6 is 12.4 Å². The molecule has 0 aromatic rings. The largest absolute Gasteiger partial charge is 0.468 e. The first-order valence-corrected chi connectivity index (χ1v) is 2.69. The summed E-state index contributed by atoms with van der Waals surface area (Å²) in [5.41, 5.74) is 0. The summed E-state index contributed by atoms with van der Waals surface area (Å²) in [5, 5.41) is 2.79. The second kappa shape index (κ2) is 8.46. The lowest BCUT2D eigenvalue weighted by atomic mass is 10.6. The van der Waals surface area contributed by atoms with Crippen LogP contribution in [0.1, 0.15) is 0 Å². The van der Waals surface area contributed by atoms with Gasteiger partial charge in [-0.15, -0.1) is 19.0 Å². The molecule has 60 valence electrons. The summed E-state index contributed by atoms with van der Waals surface area (Å²) < 4.78 is 4.36. The van der Waals surface area contributed by atoms with Crippen molar-refractivity contribution in [1.82, 2.24) is 5.32 Å². The topological polar surface area (TPSA) is 38.3 Å². The molecule has 0 saturated heterocycles. The van der Waals surface area contributed by atoms with Crippen LogP contribution in [0.2, 0.25) is 0 Å². The molecule has 0 saturated carbocycles. The number of hydrogen-bond acceptors (Lipinski definition) is 3. The van der Waals surface area contributed by atoms with Crippen molar-refractivity contribution in [3.63, 3.8) is 0 Å². The van der Waals surface area contributed by atoms with Crippen LogP contribution in [-0.2, 0) is 9.53 Å². The highest BCUT2D eigenvalue weighted by Crippen LogP contribution is 1.68. The molecule has 0 rings (SSSR count). The molecule has 0 aliphatic rings. The minimum absolute atomic E-state index is 0. The second-order valence-electron chi connectivity index (χ2n) is 1.50. The zero-order valence-corrected chi connectivity index (χ0v) is 6.74. The Kier molecular flexibility index (Phi) is 10.3. The van der Waals surface area contributed by atoms with E-state index in [2.05, 4.69) is 16.6 Å². The molecule has 0 aliphatic carbocycles. The number of nitrogens with one attached hydrogen (secondary N) is 1. The van der Waals surface area contributed by atoms with Crippen molar-refractivity contribution < 1.29 is 9.53 Å². The zero-order chi connectivity index (χ0) is 7.11. The van der Waals surface area contributed by atoms with E-state index in [0.717, 1.165) is 0 Å². The van der Waals surface area contributed by atoms with Gasteiger partial charge < -0.3 is 10.1 Å². The fraction of sp³-hybridized carbons (Fsp3) is 0.500. The van der Waals surface area contributed by atoms with Crippen molar-refractivity contribution in [1.29, 1.82) is 0 Å². The summed E-state index contributed by atoms with van der Waals surface area (Å²) in [6, 6.07) is 0. The van der Waals surface area contributed by atoms with E-state index in [1.54, 1.807) is 6.08 Å². The van der Waals surface area contributed by atoms with Gasteiger partial charge in [0.2, 0.25) is 0 Å². The van der Waals surface area contributed by atoms with Crippen LogP contribution in [0.5, 0.6) is 0 Å². The van der Waals surface area contributed by atoms with Gasteiger partial charge in [0.05, 0.1) is 13.7 Å². The lowest BCUT2D eigenvalue weighted by molar-refractivity contribution is -0.139. The number of esters is 1. The van der Waals surface area contributed by atoms with Crippen LogP contribution in [0.15, 0.2) is 12.7 Å². The lowest BCUT2D eigenvalue weighted by Gasteiger charge is -1.97. The average Bonchev–Trinajstić information content (AvgIpc) is 1.89. The minimum atomic E-state index is -0.253. The van der Waals surface area contributed by atoms with Gasteiger partial charge in [0.25, 0.3) is 0 Å². The molecule has 0 spiro atoms. The van der Waals surface area contributed by atoms with Crippen LogP contribution in [-0.4, -0.2) is 26.2 Å². The third-order valence-electron chi connectivity index (χ3n) is 0.786. The van der Waals surface area contributed by atoms with Crippen LogP contribution in [0.25, 0.3) is 0 Å². The third kappa shape index (κ3) is 7.46. The van der Waals surface area contributed by atoms with Crippen LogP contribution < -0.4 is 5.32 Å². The summed E-state index contributed by atoms with van der Waals surface area (Å²) in [6.07, 6.45) is 1.68. The monoisotopic (exact) mass is 165 g/mol. The first-order chi connectivity index (χ1) is 4.31. The van der Waals surface area contributed by atoms with E-state index >= 15 is 0 Å². The highest BCUT2D eigenvalue weighted by atomic mass is 35.5. The summed E-state index contributed by atoms with van der Waals surface area (Å²) in [4.78, 5) is 10.4. The molecule has 10 heavy (non-hydrogen) atoms. The quantitative estimate of drug-likeness (QED) is 0.371. The number of carbonyl (C=O) groups excluding carboxylic acids is 1. The Morgan fingerprint density at radius 3 is 2.80 bits per heavy atom. The number of methoxy groups -OCH3 is 1. The fourth-order valence-corrected chi connectivity index (χ4v) is 0.348. The van der Waals surface area contributed by atoms with E-state index in [1.807, 2.05) is 0 Å². The van der Waals surface area contributed by atoms with E-state index < -0.39 is 0 Å². The van der Waals surface area contributed by atoms with Crippen molar-refractivity contribution in [2.24, 2.45) is 0 Å². The van der Waals surface area contributed by atoms with Gasteiger partial charge in [0.1, 0.15) is 0 Å². The molecular weight excluding hydrogens is 154 g/mol. The SMILES string of the molecule is C=CCNCC(=O)OC.Cl. The molecule has 0 aliphatic heterocycles. The number of rotatable bonds is 4. The van der Waals surface area contributed by atoms with Crippen molar-refractivity contribution in [3.8, 4) is 0 Å². The van der Waals surface area contributed by atoms with Gasteiger partial charge in [-0.3, -0.25) is 4.79 Å². The summed E-state index contributed by atoms with van der Waals surface area (Å²) >= 11 is 0. The van der Waals surface area contributed by atoms with Crippen molar-refractivity contribution in [2.45, 2.75) is 0 Å². The molecule has 0 radical (unpaired) electrons. The number of halogens is 1. The normalized spacial score (nSPS) is 7.70. The summed E-state index contributed by atoms with van der Waals surface area (Å²) in [6.45, 7) is 4.36. The van der Waals surface area contributed by atoms with Gasteiger partial charge in [-0.05, 0) is 0 Å². The highest BCUT2D eigenvalue weighted by molar-refractivity contribution is 5.85. The first-order valence-electron chi connectivity index (χ1n) is 2.69. The van der Waals surface area contributed by atoms with Crippen LogP contribution in [0.3, 0.4) is 0 Å². The Balaban J connectivity index is 0. The van der Waals surface area contributed by atoms with Crippen LogP contribution in [0, 0.1) is 0 Å². The second-order valence-corrected chi connectivity index (χ2v) is 1.50. The summed E-state index contributed by atoms with van der Waals surface area (Å²) in [7, 11) is 1.36. The first kappa shape index (κ1) is 12.2. The zero-order valence-electron chi connectivity index (χ0n) is 5.92. The number of ether oxygens (including phenoxy) is 1. The maximum Gasteiger partial charge on any atom is 0.319 e. The molecule has 0 fully saturated rings. The Morgan fingerprint density at radius 2 is 2.40 bits per heavy atom. The molecule has 0 aromatic heterocycles. The smallest absolute Gasteiger partial charge is 0.319 e. The molecule has 0 amide bonds. The van der Waals surface area contributed by atoms with E-state index in [1.165, 1.54) is 7.11 Å². The van der Waals surface area contributed by atoms with Crippen molar-refractivity contribution >= 4 is 18.4 Å². The average molecular weight is 166 g/mol. The third-order valence-corrected chi connectivity index (χ3v) is 0.786. The molecule has 0 atom stereocenters. The maximum atomic E-state index is 10.4. The van der Waals surface area contributed by atoms with E-state index in [4.69, 9.17) is 0 Å². The fourth-order valence-electron chi connectivity index (χ4n) is 0.348. The van der Waals surface area contributed by atoms with Crippen molar-refractivity contribution in [2.75, 3.05) is 20.2 Å². The Labute approximate surface area is 66.9 Å². The van der Waals surface area contributed by atoms with Crippen molar-refractivity contribution in [3.05, 3.63) is 12.7 Å². The Morgan fingerprint density at radius 1 is 1.80 bits per heavy atom. The van der Waals surface area contributed by atoms with Gasteiger partial charge in [0.15, 0.2) is 0 Å². The highest BCUT2D eigenvalue weighted by Gasteiger charge is 1.94. The van der Waals surface area contributed by atoms with Gasteiger partial charge in [-0.25, -0.2) is 0 Å². The molecule has 0 unspecified atom stereocenters. The Bertz CT molecular complexity index is 106. The molecule has 0 bridgehead atoms. The van der Waals surface area contributed by atoms with E-state index in [0.29, 0.717) is 6.54 Å². The molecule has 1 N–H and O–H groups in total. The summed E-state index contributed by atoms with van der Waals surface area (Å²) in [5.74, 6) is -0.253. The molecule has 0 heterocycles. The number of carbonyl (C=O) groups is 1.